The van der Waals surface area contributed by atoms with Gasteiger partial charge in [-0.3, -0.25) is 4.79 Å². The Hall–Kier alpha value is -3.27. The third kappa shape index (κ3) is 7.11. The van der Waals surface area contributed by atoms with Gasteiger partial charge in [-0.2, -0.15) is 0 Å². The van der Waals surface area contributed by atoms with Crippen LogP contribution in [0.25, 0.3) is 0 Å². The van der Waals surface area contributed by atoms with E-state index in [1.54, 1.807) is 0 Å². The highest BCUT2D eigenvalue weighted by atomic mass is 16.5. The molecule has 0 radical (unpaired) electrons. The van der Waals surface area contributed by atoms with Crippen molar-refractivity contribution in [3.63, 3.8) is 0 Å². The highest BCUT2D eigenvalue weighted by Gasteiger charge is 2.19. The summed E-state index contributed by atoms with van der Waals surface area (Å²) in [6, 6.07) is 27.4. The predicted octanol–water partition coefficient (Wildman–Crippen LogP) is 6.50. The molecular weight excluding hydrogens is 420 g/mol. The Balaban J connectivity index is 1.78. The van der Waals surface area contributed by atoms with E-state index in [-0.39, 0.29) is 17.9 Å². The monoisotopic (exact) mass is 458 g/mol. The molecule has 0 aliphatic rings. The topological polar surface area (TPSA) is 32.8 Å². The lowest BCUT2D eigenvalue weighted by molar-refractivity contribution is -0.131. The molecule has 0 saturated carbocycles. The van der Waals surface area contributed by atoms with Crippen LogP contribution in [0.2, 0.25) is 0 Å². The van der Waals surface area contributed by atoms with Gasteiger partial charge in [0.25, 0.3) is 0 Å². The first-order chi connectivity index (χ1) is 16.4. The second kappa shape index (κ2) is 12.3. The molecule has 3 aromatic carbocycles. The SMILES string of the molecule is CCC(=O)N(CCC(c1ccccc1)c1ccc(OC(C)C)cc1)Cc1ccc(N(C)C)cc1. The maximum Gasteiger partial charge on any atom is 0.222 e. The van der Waals surface area contributed by atoms with Crippen LogP contribution in [0, 0.1) is 0 Å². The standard InChI is InChI=1S/C30H38N2O2/c1-6-30(33)32(22-24-12-16-27(17-13-24)31(4)5)21-20-29(25-10-8-7-9-11-25)26-14-18-28(19-15-26)34-23(2)3/h7-19,23,29H,6,20-22H2,1-5H3. The van der Waals surface area contributed by atoms with Gasteiger partial charge < -0.3 is 14.5 Å². The van der Waals surface area contributed by atoms with E-state index >= 15 is 0 Å². The van der Waals surface area contributed by atoms with E-state index in [4.69, 9.17) is 4.74 Å². The summed E-state index contributed by atoms with van der Waals surface area (Å²) in [7, 11) is 4.07. The van der Waals surface area contributed by atoms with Crippen molar-refractivity contribution in [1.29, 1.82) is 0 Å². The highest BCUT2D eigenvalue weighted by Crippen LogP contribution is 2.30. The van der Waals surface area contributed by atoms with Crippen molar-refractivity contribution < 1.29 is 9.53 Å². The van der Waals surface area contributed by atoms with Crippen LogP contribution < -0.4 is 9.64 Å². The summed E-state index contributed by atoms with van der Waals surface area (Å²) in [5, 5.41) is 0. The molecule has 0 aromatic heterocycles. The van der Waals surface area contributed by atoms with Crippen molar-refractivity contribution >= 4 is 11.6 Å². The number of hydrogen-bond acceptors (Lipinski definition) is 3. The maximum absolute atomic E-state index is 12.8. The van der Waals surface area contributed by atoms with Crippen LogP contribution in [0.5, 0.6) is 5.75 Å². The normalized spacial score (nSPS) is 11.8. The van der Waals surface area contributed by atoms with Crippen LogP contribution in [-0.4, -0.2) is 37.6 Å². The molecule has 0 saturated heterocycles. The number of benzene rings is 3. The van der Waals surface area contributed by atoms with Gasteiger partial charge in [-0.05, 0) is 61.2 Å². The first-order valence-electron chi connectivity index (χ1n) is 12.2. The molecule has 0 heterocycles. The van der Waals surface area contributed by atoms with E-state index in [1.807, 2.05) is 58.0 Å². The summed E-state index contributed by atoms with van der Waals surface area (Å²) in [4.78, 5) is 16.9. The van der Waals surface area contributed by atoms with E-state index in [9.17, 15) is 4.79 Å². The lowest BCUT2D eigenvalue weighted by atomic mass is 9.88. The number of carbonyl (C=O) groups is 1. The number of rotatable bonds is 11. The Bertz CT molecular complexity index is 1010. The number of hydrogen-bond donors (Lipinski definition) is 0. The summed E-state index contributed by atoms with van der Waals surface area (Å²) in [5.74, 6) is 1.27. The second-order valence-electron chi connectivity index (χ2n) is 9.22. The first kappa shape index (κ1) is 25.4. The molecule has 0 N–H and O–H groups in total. The van der Waals surface area contributed by atoms with Gasteiger partial charge in [0.2, 0.25) is 5.91 Å². The number of carbonyl (C=O) groups excluding carboxylic acids is 1. The van der Waals surface area contributed by atoms with Gasteiger partial charge in [0.15, 0.2) is 0 Å². The predicted molar refractivity (Wildman–Crippen MR) is 142 cm³/mol. The Morgan fingerprint density at radius 2 is 1.47 bits per heavy atom. The van der Waals surface area contributed by atoms with Gasteiger partial charge in [0, 0.05) is 45.2 Å². The summed E-state index contributed by atoms with van der Waals surface area (Å²) in [6.07, 6.45) is 1.51. The fourth-order valence-corrected chi connectivity index (χ4v) is 4.18. The van der Waals surface area contributed by atoms with Crippen LogP contribution in [0.15, 0.2) is 78.9 Å². The van der Waals surface area contributed by atoms with E-state index in [2.05, 4.69) is 65.6 Å². The van der Waals surface area contributed by atoms with Gasteiger partial charge >= 0.3 is 0 Å². The molecule has 3 aromatic rings. The van der Waals surface area contributed by atoms with E-state index < -0.39 is 0 Å². The largest absolute Gasteiger partial charge is 0.491 e. The van der Waals surface area contributed by atoms with Gasteiger partial charge in [-0.15, -0.1) is 0 Å². The molecule has 4 heteroatoms. The van der Waals surface area contributed by atoms with Crippen LogP contribution >= 0.6 is 0 Å². The second-order valence-corrected chi connectivity index (χ2v) is 9.22. The smallest absolute Gasteiger partial charge is 0.222 e. The zero-order valence-electron chi connectivity index (χ0n) is 21.2. The van der Waals surface area contributed by atoms with E-state index in [0.29, 0.717) is 19.5 Å². The minimum Gasteiger partial charge on any atom is -0.491 e. The van der Waals surface area contributed by atoms with Crippen LogP contribution in [0.3, 0.4) is 0 Å². The molecule has 1 amide bonds. The lowest BCUT2D eigenvalue weighted by Gasteiger charge is -2.26. The fourth-order valence-electron chi connectivity index (χ4n) is 4.18. The molecule has 0 fully saturated rings. The number of amides is 1. The zero-order chi connectivity index (χ0) is 24.5. The average Bonchev–Trinajstić information content (AvgIpc) is 2.84. The minimum atomic E-state index is 0.149. The molecule has 0 bridgehead atoms. The van der Waals surface area contributed by atoms with Crippen LogP contribution in [0.1, 0.15) is 56.2 Å². The Morgan fingerprint density at radius 1 is 0.853 bits per heavy atom. The molecule has 180 valence electrons. The highest BCUT2D eigenvalue weighted by molar-refractivity contribution is 5.75. The number of ether oxygens (including phenoxy) is 1. The van der Waals surface area contributed by atoms with Crippen LogP contribution in [0.4, 0.5) is 5.69 Å². The Morgan fingerprint density at radius 3 is 2.03 bits per heavy atom. The molecule has 0 aliphatic heterocycles. The van der Waals surface area contributed by atoms with Crippen molar-refractivity contribution in [2.24, 2.45) is 0 Å². The Kier molecular flexibility index (Phi) is 9.15. The molecule has 34 heavy (non-hydrogen) atoms. The maximum atomic E-state index is 12.8. The molecule has 4 nitrogen and oxygen atoms in total. The zero-order valence-corrected chi connectivity index (χ0v) is 21.2. The van der Waals surface area contributed by atoms with Crippen molar-refractivity contribution in [3.8, 4) is 5.75 Å². The summed E-state index contributed by atoms with van der Waals surface area (Å²) >= 11 is 0. The fraction of sp³-hybridized carbons (Fsp3) is 0.367. The Labute approximate surface area is 205 Å². The molecule has 3 rings (SSSR count). The molecule has 1 atom stereocenters. The van der Waals surface area contributed by atoms with Crippen molar-refractivity contribution in [1.82, 2.24) is 4.90 Å². The van der Waals surface area contributed by atoms with Gasteiger partial charge in [-0.1, -0.05) is 61.5 Å². The summed E-state index contributed by atoms with van der Waals surface area (Å²) in [6.45, 7) is 7.34. The number of anilines is 1. The van der Waals surface area contributed by atoms with Crippen molar-refractivity contribution in [2.45, 2.75) is 52.2 Å². The van der Waals surface area contributed by atoms with Crippen molar-refractivity contribution in [2.75, 3.05) is 25.5 Å². The molecule has 1 unspecified atom stereocenters. The van der Waals surface area contributed by atoms with Crippen LogP contribution in [-0.2, 0) is 11.3 Å². The molecule has 0 aliphatic carbocycles. The third-order valence-corrected chi connectivity index (χ3v) is 6.03. The first-order valence-corrected chi connectivity index (χ1v) is 12.2. The quantitative estimate of drug-likeness (QED) is 0.329. The minimum absolute atomic E-state index is 0.149. The van der Waals surface area contributed by atoms with Gasteiger partial charge in [-0.25, -0.2) is 0 Å². The lowest BCUT2D eigenvalue weighted by Crippen LogP contribution is -2.31. The van der Waals surface area contributed by atoms with Crippen molar-refractivity contribution in [3.05, 3.63) is 95.6 Å². The van der Waals surface area contributed by atoms with E-state index in [0.717, 1.165) is 23.4 Å². The third-order valence-electron chi connectivity index (χ3n) is 6.03. The average molecular weight is 459 g/mol. The number of nitrogens with zero attached hydrogens (tertiary/aromatic N) is 2. The molecular formula is C30H38N2O2. The van der Waals surface area contributed by atoms with E-state index in [1.165, 1.54) is 11.1 Å². The summed E-state index contributed by atoms with van der Waals surface area (Å²) < 4.78 is 5.83. The van der Waals surface area contributed by atoms with Gasteiger partial charge in [0.1, 0.15) is 5.75 Å². The molecule has 0 spiro atoms. The summed E-state index contributed by atoms with van der Waals surface area (Å²) in [5.41, 5.74) is 4.81. The van der Waals surface area contributed by atoms with Gasteiger partial charge in [0.05, 0.1) is 6.10 Å².